The fourth-order valence-corrected chi connectivity index (χ4v) is 23.6. The van der Waals surface area contributed by atoms with Crippen LogP contribution < -0.4 is 0 Å². The third-order valence-corrected chi connectivity index (χ3v) is 36.6. The summed E-state index contributed by atoms with van der Waals surface area (Å²) in [5.74, 6) is 0. The van der Waals surface area contributed by atoms with Gasteiger partial charge in [0.2, 0.25) is 15.7 Å². The number of ether oxygens (including phenoxy) is 1. The highest BCUT2D eigenvalue weighted by Crippen LogP contribution is 2.30. The molecule has 0 spiro atoms. The van der Waals surface area contributed by atoms with Crippen LogP contribution in [0.5, 0.6) is 0 Å². The minimum Gasteiger partial charge on any atom is -0.456 e. The van der Waals surface area contributed by atoms with Crippen molar-refractivity contribution in [3.8, 4) is 0 Å². The molecule has 0 aromatic heterocycles. The first-order valence-electron chi connectivity index (χ1n) is 7.47. The molecule has 1 fully saturated rings. The van der Waals surface area contributed by atoms with Gasteiger partial charge in [0.25, 0.3) is 0 Å². The van der Waals surface area contributed by atoms with E-state index in [0.717, 1.165) is 0 Å². The van der Waals surface area contributed by atoms with Crippen molar-refractivity contribution in [2.45, 2.75) is 52.4 Å². The van der Waals surface area contributed by atoms with E-state index in [9.17, 15) is 0 Å². The van der Waals surface area contributed by atoms with Crippen molar-refractivity contribution >= 4 is 31.3 Å². The second-order valence-corrected chi connectivity index (χ2v) is 35.4. The van der Waals surface area contributed by atoms with Gasteiger partial charge in [-0.15, -0.1) is 0 Å². The third-order valence-electron chi connectivity index (χ3n) is 4.79. The van der Waals surface area contributed by atoms with Crippen LogP contribution in [0.15, 0.2) is 0 Å². The van der Waals surface area contributed by atoms with Gasteiger partial charge in [-0.2, -0.15) is 0 Å². The van der Waals surface area contributed by atoms with Crippen LogP contribution in [-0.2, 0) is 17.7 Å². The van der Waals surface area contributed by atoms with Crippen LogP contribution in [0.2, 0.25) is 52.4 Å². The molecule has 120 valence electrons. The van der Waals surface area contributed by atoms with Crippen LogP contribution in [0.3, 0.4) is 0 Å². The van der Waals surface area contributed by atoms with E-state index in [-0.39, 0.29) is 0 Å². The van der Waals surface area contributed by atoms with Gasteiger partial charge in [0.15, 0.2) is 15.7 Å². The Morgan fingerprint density at radius 1 is 0.500 bits per heavy atom. The maximum atomic E-state index is 6.84. The van der Waals surface area contributed by atoms with Crippen LogP contribution in [0.25, 0.3) is 0 Å². The molecule has 1 rings (SSSR count). The summed E-state index contributed by atoms with van der Waals surface area (Å²) in [6.07, 6.45) is 0. The molecule has 1 aliphatic rings. The van der Waals surface area contributed by atoms with Crippen LogP contribution >= 0.6 is 0 Å². The molecule has 0 aromatic carbocycles. The molecule has 0 atom stereocenters. The molecule has 0 aromatic rings. The fourth-order valence-electron chi connectivity index (χ4n) is 2.04. The van der Waals surface area contributed by atoms with E-state index in [1.54, 1.807) is 0 Å². The molecule has 1 saturated heterocycles. The zero-order valence-corrected chi connectivity index (χ0v) is 18.5. The van der Waals surface area contributed by atoms with E-state index in [1.807, 2.05) is 0 Å². The lowest BCUT2D eigenvalue weighted by atomic mass is 10.7. The van der Waals surface area contributed by atoms with Crippen LogP contribution in [-0.4, -0.2) is 57.8 Å². The summed E-state index contributed by atoms with van der Waals surface area (Å²) < 4.78 is 24.9. The van der Waals surface area contributed by atoms with Gasteiger partial charge in [-0.25, -0.2) is 0 Å². The lowest BCUT2D eigenvalue weighted by molar-refractivity contribution is 0.0735. The molecule has 0 radical (unpaired) electrons. The Hall–Kier alpha value is 0.708. The lowest BCUT2D eigenvalue weighted by Crippen LogP contribution is -2.69. The van der Waals surface area contributed by atoms with Crippen molar-refractivity contribution in [2.75, 3.05) is 26.4 Å². The molecule has 0 saturated carbocycles. The minimum atomic E-state index is -1.84. The highest BCUT2D eigenvalue weighted by Gasteiger charge is 2.54. The summed E-state index contributed by atoms with van der Waals surface area (Å²) in [6.45, 7) is 21.2. The van der Waals surface area contributed by atoms with Crippen molar-refractivity contribution in [1.29, 1.82) is 0 Å². The Morgan fingerprint density at radius 3 is 1.20 bits per heavy atom. The van der Waals surface area contributed by atoms with Crippen LogP contribution in [0.4, 0.5) is 0 Å². The summed E-state index contributed by atoms with van der Waals surface area (Å²) in [6, 6.07) is 0. The molecule has 8 heteroatoms. The first-order chi connectivity index (χ1) is 8.91. The summed E-state index contributed by atoms with van der Waals surface area (Å²) in [5.41, 5.74) is 0. The second kappa shape index (κ2) is 6.45. The van der Waals surface area contributed by atoms with Gasteiger partial charge in [0.1, 0.15) is 0 Å². The SMILES string of the molecule is C[Si]1(C)OCCOCCO[Si](C)(C)[Si](C)(C)O[Si]1(C)C. The van der Waals surface area contributed by atoms with Crippen molar-refractivity contribution in [1.82, 2.24) is 0 Å². The van der Waals surface area contributed by atoms with Crippen molar-refractivity contribution in [3.63, 3.8) is 0 Å². The molecule has 1 heterocycles. The van der Waals surface area contributed by atoms with Gasteiger partial charge in [-0.3, -0.25) is 0 Å². The molecule has 20 heavy (non-hydrogen) atoms. The molecule has 0 amide bonds. The van der Waals surface area contributed by atoms with E-state index < -0.39 is 31.3 Å². The topological polar surface area (TPSA) is 36.9 Å². The predicted octanol–water partition coefficient (Wildman–Crippen LogP) is 3.04. The molecular weight excluding hydrogens is 320 g/mol. The summed E-state index contributed by atoms with van der Waals surface area (Å²) in [7, 11) is -7.30. The smallest absolute Gasteiger partial charge is 0.204 e. The average molecular weight is 353 g/mol. The van der Waals surface area contributed by atoms with Gasteiger partial charge < -0.3 is 17.7 Å². The normalized spacial score (nSPS) is 30.0. The van der Waals surface area contributed by atoms with Crippen molar-refractivity contribution < 1.29 is 17.7 Å². The number of rotatable bonds is 0. The van der Waals surface area contributed by atoms with Gasteiger partial charge in [-0.1, -0.05) is 0 Å². The van der Waals surface area contributed by atoms with Gasteiger partial charge >= 0.3 is 0 Å². The summed E-state index contributed by atoms with van der Waals surface area (Å²) in [4.78, 5) is 0. The molecule has 0 N–H and O–H groups in total. The van der Waals surface area contributed by atoms with E-state index in [4.69, 9.17) is 17.7 Å². The quantitative estimate of drug-likeness (QED) is 0.628. The second-order valence-electron chi connectivity index (χ2n) is 7.45. The highest BCUT2D eigenvalue weighted by molar-refractivity contribution is 7.43. The molecule has 0 bridgehead atoms. The number of hydrogen-bond acceptors (Lipinski definition) is 4. The Bertz CT molecular complexity index is 301. The monoisotopic (exact) mass is 352 g/mol. The van der Waals surface area contributed by atoms with Crippen molar-refractivity contribution in [2.24, 2.45) is 0 Å². The van der Waals surface area contributed by atoms with Crippen molar-refractivity contribution in [3.05, 3.63) is 0 Å². The summed E-state index contributed by atoms with van der Waals surface area (Å²) in [5, 5.41) is 0. The van der Waals surface area contributed by atoms with E-state index in [1.165, 1.54) is 0 Å². The van der Waals surface area contributed by atoms with Crippen LogP contribution in [0, 0.1) is 0 Å². The highest BCUT2D eigenvalue weighted by atomic mass is 29.3. The molecule has 0 unspecified atom stereocenters. The Kier molecular flexibility index (Phi) is 6.05. The standard InChI is InChI=1S/C12H32O4Si4/c1-17(2)14-11-9-13-10-12-15-18(3,4)20(7,8)16-19(17,5)6/h9-12H2,1-8H3. The molecule has 4 nitrogen and oxygen atoms in total. The Morgan fingerprint density at radius 2 is 0.850 bits per heavy atom. The molecule has 0 aliphatic carbocycles. The largest absolute Gasteiger partial charge is 0.456 e. The molecule has 1 aliphatic heterocycles. The van der Waals surface area contributed by atoms with Gasteiger partial charge in [0, 0.05) is 0 Å². The first kappa shape index (κ1) is 18.8. The van der Waals surface area contributed by atoms with Gasteiger partial charge in [0.05, 0.1) is 26.4 Å². The minimum absolute atomic E-state index is 0.660. The maximum absolute atomic E-state index is 6.84. The fraction of sp³-hybridized carbons (Fsp3) is 1.00. The van der Waals surface area contributed by atoms with E-state index in [2.05, 4.69) is 52.4 Å². The third kappa shape index (κ3) is 4.35. The van der Waals surface area contributed by atoms with E-state index >= 15 is 0 Å². The van der Waals surface area contributed by atoms with Gasteiger partial charge in [-0.05, 0) is 52.4 Å². The Labute approximate surface area is 128 Å². The Balaban J connectivity index is 3.01. The lowest BCUT2D eigenvalue weighted by Gasteiger charge is -2.47. The van der Waals surface area contributed by atoms with Crippen LogP contribution in [0.1, 0.15) is 0 Å². The zero-order valence-electron chi connectivity index (χ0n) is 14.5. The summed E-state index contributed by atoms with van der Waals surface area (Å²) >= 11 is 0. The number of hydrogen-bond donors (Lipinski definition) is 0. The first-order valence-corrected chi connectivity index (χ1v) is 21.1. The predicted molar refractivity (Wildman–Crippen MR) is 93.7 cm³/mol. The molecular formula is C12H32O4Si4. The maximum Gasteiger partial charge on any atom is 0.204 e. The average Bonchev–Trinajstić information content (AvgIpc) is 2.24. The zero-order chi connectivity index (χ0) is 15.7. The van der Waals surface area contributed by atoms with E-state index in [0.29, 0.717) is 26.4 Å².